The summed E-state index contributed by atoms with van der Waals surface area (Å²) in [5.41, 5.74) is 0.370. The fourth-order valence-corrected chi connectivity index (χ4v) is 3.03. The molecule has 1 atom stereocenters. The van der Waals surface area contributed by atoms with E-state index in [4.69, 9.17) is 9.47 Å². The first-order valence-electron chi connectivity index (χ1n) is 7.85. The highest BCUT2D eigenvalue weighted by Crippen LogP contribution is 2.34. The van der Waals surface area contributed by atoms with Crippen LogP contribution >= 0.6 is 0 Å². The minimum Gasteiger partial charge on any atom is -0.486 e. The first-order chi connectivity index (χ1) is 11.2. The van der Waals surface area contributed by atoms with Crippen LogP contribution in [0.25, 0.3) is 0 Å². The van der Waals surface area contributed by atoms with Gasteiger partial charge < -0.3 is 14.8 Å². The van der Waals surface area contributed by atoms with E-state index in [9.17, 15) is 13.2 Å². The van der Waals surface area contributed by atoms with Crippen LogP contribution in [-0.4, -0.2) is 46.4 Å². The maximum Gasteiger partial charge on any atom is 0.240 e. The normalized spacial score (nSPS) is 15.0. The Kier molecular flexibility index (Phi) is 5.58. The number of nitrogens with one attached hydrogen (secondary N) is 1. The number of hydrogen-bond donors (Lipinski definition) is 1. The van der Waals surface area contributed by atoms with E-state index in [2.05, 4.69) is 5.32 Å². The summed E-state index contributed by atoms with van der Waals surface area (Å²) in [5, 5.41) is 2.81. The Hall–Kier alpha value is -1.96. The molecule has 1 aliphatic heterocycles. The summed E-state index contributed by atoms with van der Waals surface area (Å²) in [6.45, 7) is 6.44. The van der Waals surface area contributed by atoms with E-state index in [-0.39, 0.29) is 24.4 Å². The monoisotopic (exact) mass is 356 g/mol. The molecule has 0 unspecified atom stereocenters. The lowest BCUT2D eigenvalue weighted by molar-refractivity contribution is -0.120. The highest BCUT2D eigenvalue weighted by atomic mass is 32.2. The summed E-state index contributed by atoms with van der Waals surface area (Å²) in [6, 6.07) is 4.79. The van der Waals surface area contributed by atoms with Crippen LogP contribution in [0.2, 0.25) is 0 Å². The Balaban J connectivity index is 2.22. The minimum atomic E-state index is -3.62. The van der Waals surface area contributed by atoms with Crippen LogP contribution in [-0.2, 0) is 14.8 Å². The zero-order chi connectivity index (χ0) is 17.9. The molecule has 0 saturated carbocycles. The lowest BCUT2D eigenvalue weighted by Gasteiger charge is -2.26. The molecule has 0 aromatic heterocycles. The Morgan fingerprint density at radius 2 is 1.83 bits per heavy atom. The molecule has 0 fully saturated rings. The molecular weight excluding hydrogens is 332 g/mol. The van der Waals surface area contributed by atoms with Crippen LogP contribution in [0.4, 0.5) is 5.69 Å². The summed E-state index contributed by atoms with van der Waals surface area (Å²) in [4.78, 5) is 12.2. The van der Waals surface area contributed by atoms with Crippen LogP contribution in [0.15, 0.2) is 18.2 Å². The predicted molar refractivity (Wildman–Crippen MR) is 92.1 cm³/mol. The van der Waals surface area contributed by atoms with Crippen molar-refractivity contribution >= 4 is 21.6 Å². The zero-order valence-electron chi connectivity index (χ0n) is 14.4. The van der Waals surface area contributed by atoms with Crippen molar-refractivity contribution in [1.82, 2.24) is 5.32 Å². The molecule has 0 bridgehead atoms. The first-order valence-corrected chi connectivity index (χ1v) is 9.70. The quantitative estimate of drug-likeness (QED) is 0.832. The van der Waals surface area contributed by atoms with Gasteiger partial charge in [-0.05, 0) is 25.0 Å². The molecular formula is C16H24N2O5S. The molecule has 0 aliphatic carbocycles. The van der Waals surface area contributed by atoms with Gasteiger partial charge in [0, 0.05) is 12.1 Å². The number of anilines is 1. The van der Waals surface area contributed by atoms with Crippen LogP contribution in [0.5, 0.6) is 11.5 Å². The van der Waals surface area contributed by atoms with Gasteiger partial charge >= 0.3 is 0 Å². The lowest BCUT2D eigenvalue weighted by Crippen LogP contribution is -2.44. The van der Waals surface area contributed by atoms with Crippen molar-refractivity contribution in [3.63, 3.8) is 0 Å². The number of benzene rings is 1. The molecule has 1 heterocycles. The van der Waals surface area contributed by atoms with Crippen molar-refractivity contribution in [3.05, 3.63) is 18.2 Å². The molecule has 1 aliphatic rings. The first kappa shape index (κ1) is 18.4. The van der Waals surface area contributed by atoms with Gasteiger partial charge in [-0.15, -0.1) is 0 Å². The van der Waals surface area contributed by atoms with Gasteiger partial charge in [-0.1, -0.05) is 13.8 Å². The van der Waals surface area contributed by atoms with Gasteiger partial charge in [-0.3, -0.25) is 9.10 Å². The van der Waals surface area contributed by atoms with Crippen LogP contribution in [0, 0.1) is 5.92 Å². The number of ether oxygens (including phenoxy) is 2. The lowest BCUT2D eigenvalue weighted by atomic mass is 10.1. The summed E-state index contributed by atoms with van der Waals surface area (Å²) in [5.74, 6) is 0.950. The van der Waals surface area contributed by atoms with Crippen LogP contribution in [0.1, 0.15) is 20.8 Å². The Labute approximate surface area is 143 Å². The van der Waals surface area contributed by atoms with Gasteiger partial charge in [0.2, 0.25) is 15.9 Å². The molecule has 1 aromatic rings. The topological polar surface area (TPSA) is 84.9 Å². The number of fused-ring (bicyclic) bond motifs is 1. The largest absolute Gasteiger partial charge is 0.486 e. The summed E-state index contributed by atoms with van der Waals surface area (Å²) in [6.07, 6.45) is 1.07. The second-order valence-corrected chi connectivity index (χ2v) is 8.10. The third-order valence-corrected chi connectivity index (χ3v) is 5.03. The molecule has 1 N–H and O–H groups in total. The van der Waals surface area contributed by atoms with Gasteiger partial charge in [0.1, 0.15) is 19.8 Å². The van der Waals surface area contributed by atoms with Crippen LogP contribution < -0.4 is 19.1 Å². The van der Waals surface area contributed by atoms with Gasteiger partial charge in [0.25, 0.3) is 0 Å². The van der Waals surface area contributed by atoms with Gasteiger partial charge in [0.05, 0.1) is 11.9 Å². The fraction of sp³-hybridized carbons (Fsp3) is 0.562. The number of carbonyl (C=O) groups is 1. The minimum absolute atomic E-state index is 0.0424. The molecule has 0 radical (unpaired) electrons. The Bertz CT molecular complexity index is 702. The van der Waals surface area contributed by atoms with E-state index >= 15 is 0 Å². The van der Waals surface area contributed by atoms with Crippen LogP contribution in [0.3, 0.4) is 0 Å². The maximum atomic E-state index is 12.2. The van der Waals surface area contributed by atoms with Crippen molar-refractivity contribution in [2.75, 3.05) is 30.3 Å². The third-order valence-electron chi connectivity index (χ3n) is 3.89. The van der Waals surface area contributed by atoms with Gasteiger partial charge in [0.15, 0.2) is 11.5 Å². The fourth-order valence-electron chi connectivity index (χ4n) is 2.18. The molecule has 0 saturated heterocycles. The average molecular weight is 356 g/mol. The number of nitrogens with zero attached hydrogens (tertiary/aromatic N) is 1. The predicted octanol–water partition coefficient (Wildman–Crippen LogP) is 1.38. The second-order valence-electron chi connectivity index (χ2n) is 6.20. The second kappa shape index (κ2) is 7.29. The van der Waals surface area contributed by atoms with E-state index < -0.39 is 10.0 Å². The molecule has 2 rings (SSSR count). The van der Waals surface area contributed by atoms with Crippen molar-refractivity contribution in [2.24, 2.45) is 5.92 Å². The van der Waals surface area contributed by atoms with E-state index in [0.717, 1.165) is 10.6 Å². The van der Waals surface area contributed by atoms with Crippen molar-refractivity contribution < 1.29 is 22.7 Å². The van der Waals surface area contributed by atoms with E-state index in [1.54, 1.807) is 18.2 Å². The van der Waals surface area contributed by atoms with E-state index in [1.807, 2.05) is 20.8 Å². The highest BCUT2D eigenvalue weighted by molar-refractivity contribution is 7.92. The number of carbonyl (C=O) groups excluding carboxylic acids is 1. The highest BCUT2D eigenvalue weighted by Gasteiger charge is 2.24. The maximum absolute atomic E-state index is 12.2. The molecule has 1 aromatic carbocycles. The molecule has 0 spiro atoms. The van der Waals surface area contributed by atoms with Gasteiger partial charge in [-0.25, -0.2) is 8.42 Å². The number of amides is 1. The Morgan fingerprint density at radius 3 is 2.42 bits per heavy atom. The summed E-state index contributed by atoms with van der Waals surface area (Å²) < 4.78 is 36.2. The summed E-state index contributed by atoms with van der Waals surface area (Å²) in [7, 11) is -3.62. The molecule has 8 heteroatoms. The van der Waals surface area contributed by atoms with E-state index in [0.29, 0.717) is 30.4 Å². The number of hydrogen-bond acceptors (Lipinski definition) is 5. The van der Waals surface area contributed by atoms with Gasteiger partial charge in [-0.2, -0.15) is 0 Å². The average Bonchev–Trinajstić information content (AvgIpc) is 2.51. The summed E-state index contributed by atoms with van der Waals surface area (Å²) >= 11 is 0. The van der Waals surface area contributed by atoms with Crippen molar-refractivity contribution in [1.29, 1.82) is 0 Å². The number of sulfonamides is 1. The standard InChI is InChI=1S/C16H24N2O5S/c1-11(2)12(3)17-16(19)10-18(24(4,20)21)13-5-6-14-15(9-13)23-8-7-22-14/h5-6,9,11-12H,7-8,10H2,1-4H3,(H,17,19)/t12-/m0/s1. The van der Waals surface area contributed by atoms with E-state index in [1.165, 1.54) is 0 Å². The molecule has 24 heavy (non-hydrogen) atoms. The number of rotatable bonds is 6. The van der Waals surface area contributed by atoms with Crippen molar-refractivity contribution in [2.45, 2.75) is 26.8 Å². The SMILES string of the molecule is CC(C)[C@H](C)NC(=O)CN(c1ccc2c(c1)OCCO2)S(C)(=O)=O. The smallest absolute Gasteiger partial charge is 0.240 e. The molecule has 134 valence electrons. The zero-order valence-corrected chi connectivity index (χ0v) is 15.2. The molecule has 7 nitrogen and oxygen atoms in total. The molecule has 1 amide bonds. The van der Waals surface area contributed by atoms with Crippen molar-refractivity contribution in [3.8, 4) is 11.5 Å². The third kappa shape index (κ3) is 4.53. The Morgan fingerprint density at radius 1 is 1.21 bits per heavy atom.